The Balaban J connectivity index is 2.11. The largest absolute Gasteiger partial charge is 0.371 e. The zero-order valence-electron chi connectivity index (χ0n) is 9.78. The van der Waals surface area contributed by atoms with Gasteiger partial charge in [0.25, 0.3) is 6.04 Å². The van der Waals surface area contributed by atoms with Crippen molar-refractivity contribution < 1.29 is 9.72 Å². The fourth-order valence-electron chi connectivity index (χ4n) is 2.32. The molecule has 0 radical (unpaired) electrons. The van der Waals surface area contributed by atoms with Crippen molar-refractivity contribution >= 4 is 22.8 Å². The zero-order chi connectivity index (χ0) is 13.4. The van der Waals surface area contributed by atoms with E-state index in [4.69, 9.17) is 0 Å². The number of nitro groups is 1. The number of nitrogens with zero attached hydrogens (tertiary/aromatic N) is 1. The standard InChI is InChI=1S/C13H10N2O3S/c16-13-9-3-1-2-4-10(9)14-11(12(13)15(17)18)8-5-6-19-7-8/h1-7,11-12,14H/t11-,12-/m1/s1. The second-order valence-electron chi connectivity index (χ2n) is 4.32. The quantitative estimate of drug-likeness (QED) is 0.675. The number of carbonyl (C=O) groups excluding carboxylic acids is 1. The van der Waals surface area contributed by atoms with E-state index in [9.17, 15) is 14.9 Å². The van der Waals surface area contributed by atoms with Crippen LogP contribution in [0.5, 0.6) is 0 Å². The molecule has 6 heteroatoms. The van der Waals surface area contributed by atoms with Gasteiger partial charge in [-0.25, -0.2) is 0 Å². The van der Waals surface area contributed by atoms with Crippen LogP contribution < -0.4 is 5.32 Å². The number of thiophene rings is 1. The first kappa shape index (κ1) is 11.9. The van der Waals surface area contributed by atoms with Crippen LogP contribution in [-0.2, 0) is 0 Å². The van der Waals surface area contributed by atoms with E-state index in [0.29, 0.717) is 11.3 Å². The summed E-state index contributed by atoms with van der Waals surface area (Å²) in [5, 5.41) is 18.0. The first-order valence-electron chi connectivity index (χ1n) is 5.74. The van der Waals surface area contributed by atoms with E-state index < -0.39 is 22.8 Å². The first-order chi connectivity index (χ1) is 9.18. The number of anilines is 1. The Bertz CT molecular complexity index is 639. The van der Waals surface area contributed by atoms with E-state index in [0.717, 1.165) is 5.56 Å². The third kappa shape index (κ3) is 1.90. The van der Waals surface area contributed by atoms with E-state index in [2.05, 4.69) is 5.32 Å². The highest BCUT2D eigenvalue weighted by atomic mass is 32.1. The van der Waals surface area contributed by atoms with Crippen molar-refractivity contribution in [3.05, 3.63) is 62.3 Å². The van der Waals surface area contributed by atoms with Crippen LogP contribution >= 0.6 is 11.3 Å². The van der Waals surface area contributed by atoms with Crippen LogP contribution in [0.2, 0.25) is 0 Å². The molecular formula is C13H10N2O3S. The molecule has 1 aliphatic heterocycles. The van der Waals surface area contributed by atoms with Crippen LogP contribution in [0.4, 0.5) is 5.69 Å². The van der Waals surface area contributed by atoms with Crippen LogP contribution in [0.15, 0.2) is 41.1 Å². The lowest BCUT2D eigenvalue weighted by molar-refractivity contribution is -0.508. The maximum Gasteiger partial charge on any atom is 0.298 e. The minimum absolute atomic E-state index is 0.385. The molecule has 0 saturated heterocycles. The molecule has 0 spiro atoms. The lowest BCUT2D eigenvalue weighted by Gasteiger charge is -2.27. The van der Waals surface area contributed by atoms with Crippen LogP contribution in [0.25, 0.3) is 0 Å². The molecule has 0 bridgehead atoms. The van der Waals surface area contributed by atoms with E-state index in [-0.39, 0.29) is 0 Å². The number of fused-ring (bicyclic) bond motifs is 1. The molecule has 5 nitrogen and oxygen atoms in total. The summed E-state index contributed by atoms with van der Waals surface area (Å²) in [5.41, 5.74) is 1.81. The minimum Gasteiger partial charge on any atom is -0.371 e. The molecule has 96 valence electrons. The number of ketones is 1. The topological polar surface area (TPSA) is 72.2 Å². The Kier molecular flexibility index (Phi) is 2.79. The first-order valence-corrected chi connectivity index (χ1v) is 6.68. The molecule has 1 N–H and O–H groups in total. The van der Waals surface area contributed by atoms with E-state index in [1.165, 1.54) is 11.3 Å². The predicted molar refractivity (Wildman–Crippen MR) is 72.2 cm³/mol. The molecule has 0 amide bonds. The Morgan fingerprint density at radius 2 is 2.05 bits per heavy atom. The Morgan fingerprint density at radius 3 is 2.74 bits per heavy atom. The van der Waals surface area contributed by atoms with Crippen molar-refractivity contribution in [2.75, 3.05) is 5.32 Å². The van der Waals surface area contributed by atoms with Gasteiger partial charge in [-0.3, -0.25) is 14.9 Å². The summed E-state index contributed by atoms with van der Waals surface area (Å²) in [4.78, 5) is 23.0. The fraction of sp³-hybridized carbons (Fsp3) is 0.154. The highest BCUT2D eigenvalue weighted by molar-refractivity contribution is 7.08. The van der Waals surface area contributed by atoms with Crippen LogP contribution in [0, 0.1) is 10.1 Å². The number of Topliss-reactive ketones (excluding diaryl/α,β-unsaturated/α-hetero) is 1. The molecular weight excluding hydrogens is 264 g/mol. The van der Waals surface area contributed by atoms with Gasteiger partial charge in [0.2, 0.25) is 5.78 Å². The van der Waals surface area contributed by atoms with Gasteiger partial charge in [-0.05, 0) is 34.5 Å². The molecule has 0 saturated carbocycles. The summed E-state index contributed by atoms with van der Waals surface area (Å²) in [6.07, 6.45) is 0. The summed E-state index contributed by atoms with van der Waals surface area (Å²) < 4.78 is 0. The third-order valence-electron chi connectivity index (χ3n) is 3.22. The summed E-state index contributed by atoms with van der Waals surface area (Å²) >= 11 is 1.46. The summed E-state index contributed by atoms with van der Waals surface area (Å²) in [6.45, 7) is 0. The van der Waals surface area contributed by atoms with Crippen molar-refractivity contribution in [1.29, 1.82) is 0 Å². The zero-order valence-corrected chi connectivity index (χ0v) is 10.6. The van der Waals surface area contributed by atoms with Gasteiger partial charge in [0, 0.05) is 16.2 Å². The normalized spacial score (nSPS) is 21.6. The van der Waals surface area contributed by atoms with Crippen molar-refractivity contribution in [1.82, 2.24) is 0 Å². The minimum atomic E-state index is -1.27. The highest BCUT2D eigenvalue weighted by Crippen LogP contribution is 2.34. The molecule has 2 aromatic rings. The number of rotatable bonds is 2. The van der Waals surface area contributed by atoms with Crippen molar-refractivity contribution in [3.63, 3.8) is 0 Å². The summed E-state index contributed by atoms with van der Waals surface area (Å²) in [6, 6.07) is 6.82. The second kappa shape index (κ2) is 4.47. The highest BCUT2D eigenvalue weighted by Gasteiger charge is 2.44. The van der Waals surface area contributed by atoms with Crippen molar-refractivity contribution in [2.45, 2.75) is 12.1 Å². The van der Waals surface area contributed by atoms with E-state index in [1.54, 1.807) is 30.3 Å². The lowest BCUT2D eigenvalue weighted by Crippen LogP contribution is -2.43. The molecule has 2 atom stereocenters. The van der Waals surface area contributed by atoms with Gasteiger partial charge in [-0.1, -0.05) is 12.1 Å². The van der Waals surface area contributed by atoms with Gasteiger partial charge in [-0.15, -0.1) is 0 Å². The second-order valence-corrected chi connectivity index (χ2v) is 5.10. The van der Waals surface area contributed by atoms with Gasteiger partial charge in [-0.2, -0.15) is 11.3 Å². The Labute approximate surface area is 113 Å². The van der Waals surface area contributed by atoms with Gasteiger partial charge in [0.1, 0.15) is 6.04 Å². The average Bonchev–Trinajstić information content (AvgIpc) is 2.92. The van der Waals surface area contributed by atoms with Crippen LogP contribution in [-0.4, -0.2) is 16.7 Å². The molecule has 3 rings (SSSR count). The number of para-hydroxylation sites is 1. The Hall–Kier alpha value is -2.21. The molecule has 2 heterocycles. The number of hydrogen-bond acceptors (Lipinski definition) is 5. The lowest BCUT2D eigenvalue weighted by atomic mass is 9.89. The van der Waals surface area contributed by atoms with E-state index in [1.807, 2.05) is 10.8 Å². The van der Waals surface area contributed by atoms with Crippen LogP contribution in [0.3, 0.4) is 0 Å². The van der Waals surface area contributed by atoms with Crippen molar-refractivity contribution in [2.24, 2.45) is 0 Å². The number of hydrogen-bond donors (Lipinski definition) is 1. The molecule has 1 aromatic carbocycles. The Morgan fingerprint density at radius 1 is 1.26 bits per heavy atom. The monoisotopic (exact) mass is 274 g/mol. The maximum atomic E-state index is 12.3. The number of carbonyl (C=O) groups is 1. The average molecular weight is 274 g/mol. The van der Waals surface area contributed by atoms with Crippen molar-refractivity contribution in [3.8, 4) is 0 Å². The van der Waals surface area contributed by atoms with Gasteiger partial charge < -0.3 is 5.32 Å². The van der Waals surface area contributed by atoms with Gasteiger partial charge in [0.05, 0.1) is 0 Å². The predicted octanol–water partition coefficient (Wildman–Crippen LogP) is 2.74. The SMILES string of the molecule is O=C1c2ccccc2N[C@H](c2ccsc2)[C@H]1[N+](=O)[O-]. The van der Waals surface area contributed by atoms with E-state index >= 15 is 0 Å². The molecule has 0 unspecified atom stereocenters. The molecule has 1 aliphatic rings. The molecule has 19 heavy (non-hydrogen) atoms. The third-order valence-corrected chi connectivity index (χ3v) is 3.92. The molecule has 1 aromatic heterocycles. The molecule has 0 fully saturated rings. The van der Waals surface area contributed by atoms with Gasteiger partial charge in [0.15, 0.2) is 0 Å². The summed E-state index contributed by atoms with van der Waals surface area (Å²) in [7, 11) is 0. The number of benzene rings is 1. The fourth-order valence-corrected chi connectivity index (χ4v) is 3.01. The smallest absolute Gasteiger partial charge is 0.298 e. The summed E-state index contributed by atoms with van der Waals surface area (Å²) in [5.74, 6) is -0.435. The maximum absolute atomic E-state index is 12.3. The van der Waals surface area contributed by atoms with Crippen LogP contribution in [0.1, 0.15) is 22.0 Å². The van der Waals surface area contributed by atoms with Gasteiger partial charge >= 0.3 is 0 Å². The molecule has 0 aliphatic carbocycles. The number of nitrogens with one attached hydrogen (secondary N) is 1.